The Morgan fingerprint density at radius 1 is 1.38 bits per heavy atom. The minimum atomic E-state index is -0.215. The van der Waals surface area contributed by atoms with Crippen LogP contribution < -0.4 is 9.47 Å². The van der Waals surface area contributed by atoms with Crippen LogP contribution in [0.25, 0.3) is 0 Å². The highest BCUT2D eigenvalue weighted by molar-refractivity contribution is 5.45. The highest BCUT2D eigenvalue weighted by Gasteiger charge is 2.19. The van der Waals surface area contributed by atoms with Gasteiger partial charge in [0.15, 0.2) is 11.5 Å². The fourth-order valence-electron chi connectivity index (χ4n) is 1.32. The van der Waals surface area contributed by atoms with Crippen LogP contribution in [-0.2, 0) is 6.42 Å². The van der Waals surface area contributed by atoms with E-state index in [0.29, 0.717) is 6.42 Å². The molecule has 0 bridgehead atoms. The Hall–Kier alpha value is -1.69. The summed E-state index contributed by atoms with van der Waals surface area (Å²) >= 11 is 0. The van der Waals surface area contributed by atoms with E-state index in [9.17, 15) is 0 Å². The molecule has 66 valence electrons. The first-order valence-electron chi connectivity index (χ1n) is 4.13. The van der Waals surface area contributed by atoms with Crippen molar-refractivity contribution < 1.29 is 9.47 Å². The number of hydrogen-bond acceptors (Lipinski definition) is 3. The van der Waals surface area contributed by atoms with Gasteiger partial charge in [-0.2, -0.15) is 5.26 Å². The summed E-state index contributed by atoms with van der Waals surface area (Å²) in [5, 5.41) is 8.50. The van der Waals surface area contributed by atoms with Gasteiger partial charge in [-0.15, -0.1) is 0 Å². The Morgan fingerprint density at radius 2 is 2.15 bits per heavy atom. The van der Waals surface area contributed by atoms with Crippen molar-refractivity contribution in [1.82, 2.24) is 0 Å². The fourth-order valence-corrected chi connectivity index (χ4v) is 1.32. The first kappa shape index (κ1) is 7.93. The molecule has 0 saturated carbocycles. The predicted octanol–water partition coefficient (Wildman–Crippen LogP) is 1.87. The first-order chi connectivity index (χ1) is 6.29. The summed E-state index contributed by atoms with van der Waals surface area (Å²) in [7, 11) is 0. The number of benzene rings is 1. The molecule has 1 aliphatic rings. The second kappa shape index (κ2) is 2.98. The van der Waals surface area contributed by atoms with Crippen LogP contribution in [-0.4, -0.2) is 6.29 Å². The highest BCUT2D eigenvalue weighted by Crippen LogP contribution is 2.35. The molecular weight excluding hydrogens is 166 g/mol. The van der Waals surface area contributed by atoms with E-state index in [1.54, 1.807) is 0 Å². The quantitative estimate of drug-likeness (QED) is 0.654. The van der Waals surface area contributed by atoms with Crippen LogP contribution >= 0.6 is 0 Å². The van der Waals surface area contributed by atoms with E-state index in [0.717, 1.165) is 17.1 Å². The Labute approximate surface area is 76.5 Å². The maximum Gasteiger partial charge on any atom is 0.238 e. The minimum absolute atomic E-state index is 0.215. The largest absolute Gasteiger partial charge is 0.451 e. The van der Waals surface area contributed by atoms with Gasteiger partial charge in [0.2, 0.25) is 6.29 Å². The van der Waals surface area contributed by atoms with Crippen LogP contribution in [0.2, 0.25) is 0 Å². The summed E-state index contributed by atoms with van der Waals surface area (Å²) < 4.78 is 10.7. The zero-order chi connectivity index (χ0) is 9.26. The summed E-state index contributed by atoms with van der Waals surface area (Å²) in [6.45, 7) is 1.84. The average Bonchev–Trinajstić information content (AvgIpc) is 2.44. The van der Waals surface area contributed by atoms with Gasteiger partial charge in [0.25, 0.3) is 0 Å². The van der Waals surface area contributed by atoms with Crippen LogP contribution in [0, 0.1) is 11.3 Å². The first-order valence-corrected chi connectivity index (χ1v) is 4.13. The summed E-state index contributed by atoms with van der Waals surface area (Å²) in [5.74, 6) is 1.49. The van der Waals surface area contributed by atoms with E-state index in [2.05, 4.69) is 6.07 Å². The Balaban J connectivity index is 2.30. The van der Waals surface area contributed by atoms with E-state index in [4.69, 9.17) is 14.7 Å². The smallest absolute Gasteiger partial charge is 0.238 e. The lowest BCUT2D eigenvalue weighted by molar-refractivity contribution is 0.0678. The SMILES string of the molecule is C[C@@H]1Oc2ccc(CC#N)cc2O1. The Morgan fingerprint density at radius 3 is 2.92 bits per heavy atom. The third-order valence-electron chi connectivity index (χ3n) is 1.88. The molecule has 0 saturated heterocycles. The van der Waals surface area contributed by atoms with Crippen molar-refractivity contribution in [2.75, 3.05) is 0 Å². The van der Waals surface area contributed by atoms with Crippen LogP contribution in [0.15, 0.2) is 18.2 Å². The number of ether oxygens (including phenoxy) is 2. The lowest BCUT2D eigenvalue weighted by Crippen LogP contribution is -2.11. The molecule has 1 aliphatic heterocycles. The molecule has 0 amide bonds. The molecule has 0 unspecified atom stereocenters. The van der Waals surface area contributed by atoms with Crippen molar-refractivity contribution in [2.24, 2.45) is 0 Å². The zero-order valence-electron chi connectivity index (χ0n) is 7.28. The standard InChI is InChI=1S/C10H9NO2/c1-7-12-9-3-2-8(4-5-11)6-10(9)13-7/h2-3,6-7H,4H2,1H3/t7-/m1/s1. The molecule has 0 fully saturated rings. The van der Waals surface area contributed by atoms with E-state index in [-0.39, 0.29) is 6.29 Å². The second-order valence-corrected chi connectivity index (χ2v) is 2.92. The third-order valence-corrected chi connectivity index (χ3v) is 1.88. The van der Waals surface area contributed by atoms with Gasteiger partial charge in [-0.1, -0.05) is 6.07 Å². The Kier molecular flexibility index (Phi) is 1.82. The van der Waals surface area contributed by atoms with Crippen molar-refractivity contribution >= 4 is 0 Å². The van der Waals surface area contributed by atoms with Crippen molar-refractivity contribution in [2.45, 2.75) is 19.6 Å². The third kappa shape index (κ3) is 1.43. The molecular formula is C10H9NO2. The van der Waals surface area contributed by atoms with Gasteiger partial charge >= 0.3 is 0 Å². The van der Waals surface area contributed by atoms with Gasteiger partial charge in [0.05, 0.1) is 12.5 Å². The lowest BCUT2D eigenvalue weighted by Gasteiger charge is -1.99. The molecule has 1 aromatic rings. The summed E-state index contributed by atoms with van der Waals surface area (Å²) in [6.07, 6.45) is 0.192. The zero-order valence-corrected chi connectivity index (χ0v) is 7.28. The molecule has 0 N–H and O–H groups in total. The molecule has 13 heavy (non-hydrogen) atoms. The van der Waals surface area contributed by atoms with Crippen molar-refractivity contribution in [3.63, 3.8) is 0 Å². The average molecular weight is 175 g/mol. The molecule has 2 rings (SSSR count). The number of nitriles is 1. The number of nitrogens with zero attached hydrogens (tertiary/aromatic N) is 1. The minimum Gasteiger partial charge on any atom is -0.451 e. The molecule has 1 aromatic carbocycles. The van der Waals surface area contributed by atoms with E-state index in [1.165, 1.54) is 0 Å². The van der Waals surface area contributed by atoms with Crippen molar-refractivity contribution in [3.8, 4) is 17.6 Å². The van der Waals surface area contributed by atoms with Gasteiger partial charge in [0, 0.05) is 6.92 Å². The highest BCUT2D eigenvalue weighted by atomic mass is 16.7. The van der Waals surface area contributed by atoms with Gasteiger partial charge in [-0.25, -0.2) is 0 Å². The molecule has 1 atom stereocenters. The van der Waals surface area contributed by atoms with Crippen LogP contribution in [0.5, 0.6) is 11.5 Å². The van der Waals surface area contributed by atoms with Gasteiger partial charge in [0.1, 0.15) is 0 Å². The topological polar surface area (TPSA) is 42.2 Å². The summed E-state index contributed by atoms with van der Waals surface area (Å²) in [6, 6.07) is 7.66. The van der Waals surface area contributed by atoms with Crippen LogP contribution in [0.3, 0.4) is 0 Å². The molecule has 0 aliphatic carbocycles. The summed E-state index contributed by atoms with van der Waals surface area (Å²) in [4.78, 5) is 0. The maximum atomic E-state index is 8.50. The number of fused-ring (bicyclic) bond motifs is 1. The normalized spacial score (nSPS) is 18.3. The molecule has 0 aromatic heterocycles. The van der Waals surface area contributed by atoms with Gasteiger partial charge in [-0.3, -0.25) is 0 Å². The van der Waals surface area contributed by atoms with Crippen molar-refractivity contribution in [3.05, 3.63) is 23.8 Å². The monoisotopic (exact) mass is 175 g/mol. The van der Waals surface area contributed by atoms with Crippen molar-refractivity contribution in [1.29, 1.82) is 5.26 Å². The Bertz CT molecular complexity index is 368. The molecule has 3 heteroatoms. The maximum absolute atomic E-state index is 8.50. The van der Waals surface area contributed by atoms with E-state index >= 15 is 0 Å². The fraction of sp³-hybridized carbons (Fsp3) is 0.300. The van der Waals surface area contributed by atoms with Crippen LogP contribution in [0.4, 0.5) is 0 Å². The molecule has 3 nitrogen and oxygen atoms in total. The second-order valence-electron chi connectivity index (χ2n) is 2.92. The lowest BCUT2D eigenvalue weighted by atomic mass is 10.1. The summed E-state index contributed by atoms with van der Waals surface area (Å²) in [5.41, 5.74) is 0.957. The van der Waals surface area contributed by atoms with Gasteiger partial charge in [-0.05, 0) is 17.7 Å². The molecule has 1 heterocycles. The predicted molar refractivity (Wildman–Crippen MR) is 46.5 cm³/mol. The van der Waals surface area contributed by atoms with E-state index in [1.807, 2.05) is 25.1 Å². The van der Waals surface area contributed by atoms with Crippen LogP contribution in [0.1, 0.15) is 12.5 Å². The number of hydrogen-bond donors (Lipinski definition) is 0. The van der Waals surface area contributed by atoms with E-state index < -0.39 is 0 Å². The number of rotatable bonds is 1. The molecule has 0 radical (unpaired) electrons. The molecule has 0 spiro atoms. The van der Waals surface area contributed by atoms with Gasteiger partial charge < -0.3 is 9.47 Å².